The van der Waals surface area contributed by atoms with Crippen molar-refractivity contribution < 1.29 is 9.90 Å². The van der Waals surface area contributed by atoms with Gasteiger partial charge in [-0.25, -0.2) is 4.79 Å². The predicted molar refractivity (Wildman–Crippen MR) is 58.7 cm³/mol. The second-order valence-corrected chi connectivity index (χ2v) is 5.16. The highest BCUT2D eigenvalue weighted by Gasteiger charge is 2.12. The Balaban J connectivity index is 2.25. The van der Waals surface area contributed by atoms with Crippen LogP contribution in [0.1, 0.15) is 15.3 Å². The summed E-state index contributed by atoms with van der Waals surface area (Å²) in [5.74, 6) is 5.95. The first-order valence-electron chi connectivity index (χ1n) is 4.20. The van der Waals surface area contributed by atoms with Gasteiger partial charge in [0.15, 0.2) is 0 Å². The van der Waals surface area contributed by atoms with E-state index in [0.29, 0.717) is 0 Å². The first-order valence-corrected chi connectivity index (χ1v) is 6.17. The maximum atomic E-state index is 10.2. The maximum absolute atomic E-state index is 10.2. The quantitative estimate of drug-likeness (QED) is 0.685. The van der Waals surface area contributed by atoms with Crippen molar-refractivity contribution in [1.29, 1.82) is 0 Å². The Hall–Kier alpha value is -0.920. The van der Waals surface area contributed by atoms with Gasteiger partial charge in [0.25, 0.3) is 0 Å². The Morgan fingerprint density at radius 1 is 1.57 bits per heavy atom. The average Bonchev–Trinajstić information content (AvgIpc) is 2.57. The number of aryl methyl sites for hydroxylation is 1. The number of thioether (sulfide) groups is 1. The van der Waals surface area contributed by atoms with Gasteiger partial charge in [-0.1, -0.05) is 0 Å². The fraction of sp³-hybridized carbons (Fsp3) is 0.300. The third-order valence-corrected chi connectivity index (χ3v) is 4.08. The lowest BCUT2D eigenvalue weighted by Gasteiger charge is -2.08. The Morgan fingerprint density at radius 3 is 3.14 bits per heavy atom. The van der Waals surface area contributed by atoms with Crippen molar-refractivity contribution in [3.05, 3.63) is 21.4 Å². The SMILES string of the molecule is O=C(O)C#Cc1cc2c(s1)CCSC2. The second kappa shape index (κ2) is 4.07. The molecule has 1 N–H and O–H groups in total. The molecule has 1 aliphatic heterocycles. The van der Waals surface area contributed by atoms with Gasteiger partial charge >= 0.3 is 5.97 Å². The smallest absolute Gasteiger partial charge is 0.382 e. The normalized spacial score (nSPS) is 14.0. The lowest BCUT2D eigenvalue weighted by molar-refractivity contribution is -0.130. The van der Waals surface area contributed by atoms with Gasteiger partial charge in [0.05, 0.1) is 4.88 Å². The van der Waals surface area contributed by atoms with Gasteiger partial charge in [-0.2, -0.15) is 11.8 Å². The van der Waals surface area contributed by atoms with Gasteiger partial charge in [0.1, 0.15) is 0 Å². The summed E-state index contributed by atoms with van der Waals surface area (Å²) in [6.45, 7) is 0. The molecule has 4 heteroatoms. The molecule has 0 bridgehead atoms. The molecule has 0 fully saturated rings. The van der Waals surface area contributed by atoms with Crippen molar-refractivity contribution in [2.24, 2.45) is 0 Å². The number of fused-ring (bicyclic) bond motifs is 1. The van der Waals surface area contributed by atoms with Crippen LogP contribution in [0.3, 0.4) is 0 Å². The highest BCUT2D eigenvalue weighted by atomic mass is 32.2. The molecule has 2 rings (SSSR count). The molecule has 0 unspecified atom stereocenters. The topological polar surface area (TPSA) is 37.3 Å². The molecule has 2 nitrogen and oxygen atoms in total. The minimum atomic E-state index is -1.06. The lowest BCUT2D eigenvalue weighted by atomic mass is 10.2. The van der Waals surface area contributed by atoms with E-state index in [1.165, 1.54) is 16.2 Å². The van der Waals surface area contributed by atoms with Crippen LogP contribution in [-0.4, -0.2) is 16.8 Å². The van der Waals surface area contributed by atoms with Crippen LogP contribution in [-0.2, 0) is 17.0 Å². The molecule has 2 heterocycles. The number of carboxylic acid groups (broad SMARTS) is 1. The molecule has 0 saturated carbocycles. The van der Waals surface area contributed by atoms with Crippen LogP contribution in [0.4, 0.5) is 0 Å². The molecular formula is C10H8O2S2. The van der Waals surface area contributed by atoms with E-state index in [2.05, 4.69) is 11.8 Å². The average molecular weight is 224 g/mol. The van der Waals surface area contributed by atoms with Gasteiger partial charge in [0, 0.05) is 16.6 Å². The molecule has 72 valence electrons. The Morgan fingerprint density at radius 2 is 2.43 bits per heavy atom. The van der Waals surface area contributed by atoms with Crippen LogP contribution >= 0.6 is 23.1 Å². The van der Waals surface area contributed by atoms with E-state index in [9.17, 15) is 4.79 Å². The highest BCUT2D eigenvalue weighted by molar-refractivity contribution is 7.98. The number of carboxylic acids is 1. The summed E-state index contributed by atoms with van der Waals surface area (Å²) >= 11 is 3.54. The van der Waals surface area contributed by atoms with Crippen LogP contribution in [0.2, 0.25) is 0 Å². The first-order chi connectivity index (χ1) is 6.75. The minimum Gasteiger partial charge on any atom is -0.472 e. The zero-order valence-electron chi connectivity index (χ0n) is 7.37. The van der Waals surface area contributed by atoms with E-state index in [-0.39, 0.29) is 0 Å². The van der Waals surface area contributed by atoms with Crippen molar-refractivity contribution in [3.8, 4) is 11.8 Å². The minimum absolute atomic E-state index is 0.875. The molecule has 0 spiro atoms. The number of carbonyl (C=O) groups is 1. The van der Waals surface area contributed by atoms with Gasteiger partial charge in [-0.15, -0.1) is 11.3 Å². The van der Waals surface area contributed by atoms with E-state index in [0.717, 1.165) is 17.1 Å². The molecule has 1 aromatic rings. The standard InChI is InChI=1S/C10H8O2S2/c11-10(12)2-1-8-5-7-6-13-4-3-9(7)14-8/h5H,3-4,6H2,(H,11,12). The number of rotatable bonds is 0. The summed E-state index contributed by atoms with van der Waals surface area (Å²) in [5.41, 5.74) is 1.33. The van der Waals surface area contributed by atoms with Gasteiger partial charge in [-0.05, 0) is 29.7 Å². The van der Waals surface area contributed by atoms with Crippen molar-refractivity contribution >= 4 is 29.1 Å². The molecule has 0 aromatic carbocycles. The molecule has 1 aromatic heterocycles. The van der Waals surface area contributed by atoms with E-state index in [4.69, 9.17) is 5.11 Å². The summed E-state index contributed by atoms with van der Waals surface area (Å²) in [6.07, 6.45) is 1.10. The molecule has 0 amide bonds. The zero-order chi connectivity index (χ0) is 9.97. The summed E-state index contributed by atoms with van der Waals surface area (Å²) < 4.78 is 0. The number of aliphatic carboxylic acids is 1. The third-order valence-electron chi connectivity index (χ3n) is 1.92. The second-order valence-electron chi connectivity index (χ2n) is 2.92. The zero-order valence-corrected chi connectivity index (χ0v) is 9.00. The van der Waals surface area contributed by atoms with Crippen molar-refractivity contribution in [2.45, 2.75) is 12.2 Å². The molecule has 1 aliphatic rings. The molecule has 0 radical (unpaired) electrons. The monoisotopic (exact) mass is 224 g/mol. The molecular weight excluding hydrogens is 216 g/mol. The lowest BCUT2D eigenvalue weighted by Crippen LogP contribution is -1.96. The first kappa shape index (κ1) is 9.63. The summed E-state index contributed by atoms with van der Waals surface area (Å²) in [4.78, 5) is 12.5. The predicted octanol–water partition coefficient (Wildman–Crippen LogP) is 1.97. The van der Waals surface area contributed by atoms with Crippen LogP contribution < -0.4 is 0 Å². The van der Waals surface area contributed by atoms with E-state index in [1.807, 2.05) is 17.8 Å². The number of hydrogen-bond acceptors (Lipinski definition) is 3. The fourth-order valence-electron chi connectivity index (χ4n) is 1.32. The molecule has 14 heavy (non-hydrogen) atoms. The third kappa shape index (κ3) is 2.11. The van der Waals surface area contributed by atoms with Crippen LogP contribution in [0.5, 0.6) is 0 Å². The largest absolute Gasteiger partial charge is 0.472 e. The number of thiophene rings is 1. The van der Waals surface area contributed by atoms with Gasteiger partial charge in [-0.3, -0.25) is 0 Å². The van der Waals surface area contributed by atoms with E-state index >= 15 is 0 Å². The number of hydrogen-bond donors (Lipinski definition) is 1. The van der Waals surface area contributed by atoms with Crippen molar-refractivity contribution in [3.63, 3.8) is 0 Å². The Labute approximate surface area is 90.3 Å². The van der Waals surface area contributed by atoms with Crippen LogP contribution in [0, 0.1) is 11.8 Å². The summed E-state index contributed by atoms with van der Waals surface area (Å²) in [5, 5.41) is 8.40. The summed E-state index contributed by atoms with van der Waals surface area (Å²) in [7, 11) is 0. The van der Waals surface area contributed by atoms with Crippen molar-refractivity contribution in [2.75, 3.05) is 5.75 Å². The molecule has 0 atom stereocenters. The van der Waals surface area contributed by atoms with Crippen molar-refractivity contribution in [1.82, 2.24) is 0 Å². The van der Waals surface area contributed by atoms with E-state index < -0.39 is 5.97 Å². The molecule has 0 aliphatic carbocycles. The Bertz CT molecular complexity index is 400. The maximum Gasteiger partial charge on any atom is 0.382 e. The van der Waals surface area contributed by atoms with Crippen LogP contribution in [0.15, 0.2) is 6.07 Å². The fourth-order valence-corrected chi connectivity index (χ4v) is 3.55. The van der Waals surface area contributed by atoms with E-state index in [1.54, 1.807) is 11.3 Å². The van der Waals surface area contributed by atoms with Gasteiger partial charge < -0.3 is 5.11 Å². The summed E-state index contributed by atoms with van der Waals surface area (Å²) in [6, 6.07) is 2.02. The Kier molecular flexibility index (Phi) is 2.80. The van der Waals surface area contributed by atoms with Gasteiger partial charge in [0.2, 0.25) is 0 Å². The van der Waals surface area contributed by atoms with Crippen LogP contribution in [0.25, 0.3) is 0 Å². The molecule has 0 saturated heterocycles. The highest BCUT2D eigenvalue weighted by Crippen LogP contribution is 2.31.